The maximum atomic E-state index is 12.2. The molecular weight excluding hydrogens is 391 g/mol. The SMILES string of the molecule is CCN(CC(=O)NC(=O)NC1CCCC1)CC(=O)Nc1c(Cl)cccc1Cl. The van der Waals surface area contributed by atoms with E-state index in [1.54, 1.807) is 23.1 Å². The molecule has 1 fully saturated rings. The molecule has 0 aromatic heterocycles. The Kier molecular flexibility index (Phi) is 8.34. The van der Waals surface area contributed by atoms with E-state index in [-0.39, 0.29) is 25.0 Å². The van der Waals surface area contributed by atoms with Gasteiger partial charge in [-0.1, -0.05) is 49.0 Å². The van der Waals surface area contributed by atoms with Crippen molar-refractivity contribution in [2.45, 2.75) is 38.6 Å². The van der Waals surface area contributed by atoms with Gasteiger partial charge in [-0.25, -0.2) is 4.79 Å². The summed E-state index contributed by atoms with van der Waals surface area (Å²) in [6.45, 7) is 2.18. The van der Waals surface area contributed by atoms with Crippen LogP contribution in [-0.4, -0.2) is 48.4 Å². The van der Waals surface area contributed by atoms with Crippen LogP contribution in [0.4, 0.5) is 10.5 Å². The number of hydrogen-bond acceptors (Lipinski definition) is 4. The number of imide groups is 1. The van der Waals surface area contributed by atoms with Crippen molar-refractivity contribution < 1.29 is 14.4 Å². The van der Waals surface area contributed by atoms with Crippen LogP contribution in [0.5, 0.6) is 0 Å². The van der Waals surface area contributed by atoms with E-state index < -0.39 is 11.9 Å². The number of nitrogens with one attached hydrogen (secondary N) is 3. The number of nitrogens with zero attached hydrogens (tertiary/aromatic N) is 1. The molecule has 1 aromatic carbocycles. The average Bonchev–Trinajstić information content (AvgIpc) is 3.10. The number of urea groups is 1. The summed E-state index contributed by atoms with van der Waals surface area (Å²) < 4.78 is 0. The maximum Gasteiger partial charge on any atom is 0.321 e. The quantitative estimate of drug-likeness (QED) is 0.639. The van der Waals surface area contributed by atoms with E-state index in [9.17, 15) is 14.4 Å². The highest BCUT2D eigenvalue weighted by molar-refractivity contribution is 6.39. The highest BCUT2D eigenvalue weighted by Gasteiger charge is 2.20. The van der Waals surface area contributed by atoms with Gasteiger partial charge in [0, 0.05) is 6.04 Å². The Morgan fingerprint density at radius 2 is 1.67 bits per heavy atom. The molecule has 0 spiro atoms. The minimum absolute atomic E-state index is 0.0320. The molecule has 2 rings (SSSR count). The first-order chi connectivity index (χ1) is 12.9. The average molecular weight is 415 g/mol. The summed E-state index contributed by atoms with van der Waals surface area (Å²) in [6.07, 6.45) is 4.06. The molecule has 0 heterocycles. The fourth-order valence-corrected chi connectivity index (χ4v) is 3.43. The Labute approximate surface area is 168 Å². The van der Waals surface area contributed by atoms with Crippen LogP contribution in [0.15, 0.2) is 18.2 Å². The van der Waals surface area contributed by atoms with Gasteiger partial charge >= 0.3 is 6.03 Å². The summed E-state index contributed by atoms with van der Waals surface area (Å²) in [5.74, 6) is -0.814. The van der Waals surface area contributed by atoms with Crippen LogP contribution < -0.4 is 16.0 Å². The van der Waals surface area contributed by atoms with Crippen LogP contribution in [0.2, 0.25) is 10.0 Å². The molecule has 0 unspecified atom stereocenters. The number of benzene rings is 1. The molecule has 4 amide bonds. The molecule has 3 N–H and O–H groups in total. The first kappa shape index (κ1) is 21.5. The van der Waals surface area contributed by atoms with Crippen LogP contribution in [0.25, 0.3) is 0 Å². The van der Waals surface area contributed by atoms with E-state index >= 15 is 0 Å². The summed E-state index contributed by atoms with van der Waals surface area (Å²) in [4.78, 5) is 37.8. The third-order valence-electron chi connectivity index (χ3n) is 4.35. The van der Waals surface area contributed by atoms with Gasteiger partial charge in [-0.3, -0.25) is 19.8 Å². The number of para-hydroxylation sites is 1. The van der Waals surface area contributed by atoms with Crippen molar-refractivity contribution >= 4 is 46.7 Å². The zero-order valence-corrected chi connectivity index (χ0v) is 16.7. The number of anilines is 1. The van der Waals surface area contributed by atoms with Gasteiger partial charge in [0.1, 0.15) is 0 Å². The van der Waals surface area contributed by atoms with Crippen LogP contribution in [0.3, 0.4) is 0 Å². The van der Waals surface area contributed by atoms with Crippen molar-refractivity contribution in [3.63, 3.8) is 0 Å². The highest BCUT2D eigenvalue weighted by Crippen LogP contribution is 2.29. The zero-order chi connectivity index (χ0) is 19.8. The Balaban J connectivity index is 1.80. The number of likely N-dealkylation sites (N-methyl/N-ethyl adjacent to an activating group) is 1. The van der Waals surface area contributed by atoms with Gasteiger partial charge < -0.3 is 10.6 Å². The molecular formula is C18H24Cl2N4O3. The van der Waals surface area contributed by atoms with Gasteiger partial charge in [0.15, 0.2) is 0 Å². The number of carbonyl (C=O) groups is 3. The predicted molar refractivity (Wildman–Crippen MR) is 106 cm³/mol. The number of rotatable bonds is 7. The normalized spacial score (nSPS) is 14.2. The van der Waals surface area contributed by atoms with Crippen molar-refractivity contribution in [3.05, 3.63) is 28.2 Å². The van der Waals surface area contributed by atoms with Gasteiger partial charge in [-0.15, -0.1) is 0 Å². The van der Waals surface area contributed by atoms with Gasteiger partial charge in [-0.2, -0.15) is 0 Å². The lowest BCUT2D eigenvalue weighted by Gasteiger charge is -2.20. The molecule has 0 saturated heterocycles. The van der Waals surface area contributed by atoms with Crippen LogP contribution in [0, 0.1) is 0 Å². The molecule has 0 aliphatic heterocycles. The Morgan fingerprint density at radius 1 is 1.07 bits per heavy atom. The van der Waals surface area contributed by atoms with Gasteiger partial charge in [-0.05, 0) is 31.5 Å². The molecule has 0 atom stereocenters. The number of amides is 4. The molecule has 0 bridgehead atoms. The second kappa shape index (κ2) is 10.5. The second-order valence-corrected chi connectivity index (χ2v) is 7.27. The standard InChI is InChI=1S/C18H24Cl2N4O3/c1-2-24(10-15(25)22-17-13(19)8-5-9-14(17)20)11-16(26)23-18(27)21-12-6-3-4-7-12/h5,8-9,12H,2-4,6-7,10-11H2,1H3,(H,22,25)(H2,21,23,26,27). The molecule has 1 aliphatic rings. The third kappa shape index (κ3) is 7.01. The lowest BCUT2D eigenvalue weighted by atomic mass is 10.2. The molecule has 1 saturated carbocycles. The molecule has 7 nitrogen and oxygen atoms in total. The van der Waals surface area contributed by atoms with E-state index in [0.717, 1.165) is 25.7 Å². The largest absolute Gasteiger partial charge is 0.335 e. The Bertz CT molecular complexity index is 673. The van der Waals surface area contributed by atoms with E-state index in [1.807, 2.05) is 6.92 Å². The van der Waals surface area contributed by atoms with Crippen molar-refractivity contribution in [2.75, 3.05) is 25.0 Å². The van der Waals surface area contributed by atoms with E-state index in [4.69, 9.17) is 23.2 Å². The number of halogens is 2. The fraction of sp³-hybridized carbons (Fsp3) is 0.500. The first-order valence-corrected chi connectivity index (χ1v) is 9.71. The topological polar surface area (TPSA) is 90.5 Å². The van der Waals surface area contributed by atoms with Crippen molar-refractivity contribution in [1.29, 1.82) is 0 Å². The third-order valence-corrected chi connectivity index (χ3v) is 4.98. The first-order valence-electron chi connectivity index (χ1n) is 8.95. The van der Waals surface area contributed by atoms with Crippen molar-refractivity contribution in [1.82, 2.24) is 15.5 Å². The van der Waals surface area contributed by atoms with E-state index in [2.05, 4.69) is 16.0 Å². The van der Waals surface area contributed by atoms with Gasteiger partial charge in [0.2, 0.25) is 11.8 Å². The summed E-state index contributed by atoms with van der Waals surface area (Å²) in [5.41, 5.74) is 0.335. The minimum Gasteiger partial charge on any atom is -0.335 e. The summed E-state index contributed by atoms with van der Waals surface area (Å²) in [5, 5.41) is 8.41. The van der Waals surface area contributed by atoms with Crippen molar-refractivity contribution in [2.24, 2.45) is 0 Å². The van der Waals surface area contributed by atoms with E-state index in [1.165, 1.54) is 0 Å². The predicted octanol–water partition coefficient (Wildman–Crippen LogP) is 3.02. The Morgan fingerprint density at radius 3 is 2.26 bits per heavy atom. The number of hydrogen-bond donors (Lipinski definition) is 3. The molecule has 27 heavy (non-hydrogen) atoms. The second-order valence-electron chi connectivity index (χ2n) is 6.45. The number of carbonyl (C=O) groups excluding carboxylic acids is 3. The van der Waals surface area contributed by atoms with E-state index in [0.29, 0.717) is 22.3 Å². The van der Waals surface area contributed by atoms with Crippen LogP contribution in [-0.2, 0) is 9.59 Å². The maximum absolute atomic E-state index is 12.2. The minimum atomic E-state index is -0.491. The molecule has 148 valence electrons. The summed E-state index contributed by atoms with van der Waals surface area (Å²) >= 11 is 12.1. The molecule has 0 radical (unpaired) electrons. The summed E-state index contributed by atoms with van der Waals surface area (Å²) in [7, 11) is 0. The Hall–Kier alpha value is -1.83. The molecule has 9 heteroatoms. The van der Waals surface area contributed by atoms with Crippen molar-refractivity contribution in [3.8, 4) is 0 Å². The monoisotopic (exact) mass is 414 g/mol. The van der Waals surface area contributed by atoms with Crippen LogP contribution >= 0.6 is 23.2 Å². The lowest BCUT2D eigenvalue weighted by Crippen LogP contribution is -2.48. The summed E-state index contributed by atoms with van der Waals surface area (Å²) in [6, 6.07) is 4.56. The van der Waals surface area contributed by atoms with Gasteiger partial charge in [0.25, 0.3) is 0 Å². The van der Waals surface area contributed by atoms with Gasteiger partial charge in [0.05, 0.1) is 28.8 Å². The smallest absolute Gasteiger partial charge is 0.321 e. The zero-order valence-electron chi connectivity index (χ0n) is 15.2. The highest BCUT2D eigenvalue weighted by atomic mass is 35.5. The fourth-order valence-electron chi connectivity index (χ4n) is 2.94. The lowest BCUT2D eigenvalue weighted by molar-refractivity contribution is -0.122. The molecule has 1 aliphatic carbocycles. The molecule has 1 aromatic rings. The van der Waals surface area contributed by atoms with Crippen LogP contribution in [0.1, 0.15) is 32.6 Å².